The van der Waals surface area contributed by atoms with Crippen molar-refractivity contribution in [2.24, 2.45) is 5.73 Å². The lowest BCUT2D eigenvalue weighted by Gasteiger charge is -2.19. The van der Waals surface area contributed by atoms with Gasteiger partial charge in [0.2, 0.25) is 0 Å². The molecule has 2 atom stereocenters. The molecule has 0 saturated heterocycles. The minimum atomic E-state index is -4.38. The second kappa shape index (κ2) is 49.4. The maximum atomic E-state index is 12.7. The summed E-state index contributed by atoms with van der Waals surface area (Å²) in [7, 11) is -4.38. The first-order valence-corrected chi connectivity index (χ1v) is 28.5. The third-order valence-corrected chi connectivity index (χ3v) is 13.2. The van der Waals surface area contributed by atoms with Gasteiger partial charge in [-0.05, 0) is 12.8 Å². The Labute approximate surface area is 384 Å². The summed E-state index contributed by atoms with van der Waals surface area (Å²) in [4.78, 5) is 35.1. The van der Waals surface area contributed by atoms with Gasteiger partial charge in [-0.2, -0.15) is 0 Å². The molecule has 0 bridgehead atoms. The molecule has 0 amide bonds. The molecule has 0 aromatic rings. The summed E-state index contributed by atoms with van der Waals surface area (Å²) < 4.78 is 33.0. The zero-order valence-corrected chi connectivity index (χ0v) is 42.0. The summed E-state index contributed by atoms with van der Waals surface area (Å²) in [6.07, 6.45) is 52.9. The van der Waals surface area contributed by atoms with Gasteiger partial charge in [0.25, 0.3) is 0 Å². The van der Waals surface area contributed by atoms with E-state index < -0.39 is 26.5 Å². The maximum absolute atomic E-state index is 12.7. The maximum Gasteiger partial charge on any atom is 0.472 e. The van der Waals surface area contributed by atoms with Crippen LogP contribution in [0.4, 0.5) is 0 Å². The van der Waals surface area contributed by atoms with Gasteiger partial charge in [0, 0.05) is 19.4 Å². The molecule has 2 unspecified atom stereocenters. The molecule has 0 radical (unpaired) electrons. The molecule has 0 spiro atoms. The summed E-state index contributed by atoms with van der Waals surface area (Å²) in [6, 6.07) is 0. The Morgan fingerprint density at radius 2 is 0.694 bits per heavy atom. The van der Waals surface area contributed by atoms with Gasteiger partial charge in [-0.3, -0.25) is 18.6 Å². The Balaban J connectivity index is 3.96. The Morgan fingerprint density at radius 1 is 0.419 bits per heavy atom. The second-order valence-corrected chi connectivity index (χ2v) is 19.9. The van der Waals surface area contributed by atoms with E-state index in [4.69, 9.17) is 24.3 Å². The van der Waals surface area contributed by atoms with Crippen LogP contribution < -0.4 is 5.73 Å². The highest BCUT2D eigenvalue weighted by Crippen LogP contribution is 2.43. The number of hydrogen-bond acceptors (Lipinski definition) is 8. The first-order valence-electron chi connectivity index (χ1n) is 27.0. The normalized spacial score (nSPS) is 13.0. The molecule has 0 saturated carbocycles. The lowest BCUT2D eigenvalue weighted by molar-refractivity contribution is -0.161. The largest absolute Gasteiger partial charge is 0.472 e. The minimum Gasteiger partial charge on any atom is -0.462 e. The van der Waals surface area contributed by atoms with E-state index in [1.165, 1.54) is 225 Å². The summed E-state index contributed by atoms with van der Waals surface area (Å²) in [5.74, 6) is -0.804. The third-order valence-electron chi connectivity index (χ3n) is 12.2. The molecule has 3 N–H and O–H groups in total. The highest BCUT2D eigenvalue weighted by Gasteiger charge is 2.26. The number of phosphoric acid groups is 1. The van der Waals surface area contributed by atoms with E-state index in [1.54, 1.807) is 0 Å². The van der Waals surface area contributed by atoms with Crippen LogP contribution in [0.1, 0.15) is 290 Å². The molecule has 0 aromatic heterocycles. The van der Waals surface area contributed by atoms with Crippen molar-refractivity contribution >= 4 is 19.8 Å². The van der Waals surface area contributed by atoms with Gasteiger partial charge >= 0.3 is 19.8 Å². The standard InChI is InChI=1S/C52H104NO8P/c1-3-5-7-9-11-13-15-17-19-21-23-25-27-29-31-33-35-37-39-41-43-45-52(55)61-50(49-60-62(56,57)59-47-46-53)48-58-51(54)44-42-40-38-36-34-32-30-28-26-24-22-20-18-16-14-12-10-8-6-4-2/h50H,3-49,53H2,1-2H3,(H,56,57). The zero-order valence-electron chi connectivity index (χ0n) is 41.1. The van der Waals surface area contributed by atoms with Crippen LogP contribution in [0.2, 0.25) is 0 Å². The average molecular weight is 902 g/mol. The van der Waals surface area contributed by atoms with Gasteiger partial charge < -0.3 is 20.1 Å². The summed E-state index contributed by atoms with van der Waals surface area (Å²) in [5, 5.41) is 0. The fourth-order valence-electron chi connectivity index (χ4n) is 8.23. The Kier molecular flexibility index (Phi) is 48.7. The summed E-state index contributed by atoms with van der Waals surface area (Å²) >= 11 is 0. The molecule has 370 valence electrons. The van der Waals surface area contributed by atoms with Crippen molar-refractivity contribution in [2.75, 3.05) is 26.4 Å². The highest BCUT2D eigenvalue weighted by atomic mass is 31.2. The van der Waals surface area contributed by atoms with Crippen LogP contribution in [0, 0.1) is 0 Å². The molecule has 62 heavy (non-hydrogen) atoms. The van der Waals surface area contributed by atoms with E-state index in [-0.39, 0.29) is 38.6 Å². The predicted molar refractivity (Wildman–Crippen MR) is 262 cm³/mol. The Hall–Kier alpha value is -0.990. The van der Waals surface area contributed by atoms with Crippen LogP contribution in [-0.4, -0.2) is 49.3 Å². The van der Waals surface area contributed by atoms with Gasteiger partial charge in [-0.25, -0.2) is 4.57 Å². The molecule has 0 aliphatic carbocycles. The number of ether oxygens (including phenoxy) is 2. The van der Waals surface area contributed by atoms with E-state index in [1.807, 2.05) is 0 Å². The monoisotopic (exact) mass is 902 g/mol. The summed E-state index contributed by atoms with van der Waals surface area (Å²) in [5.41, 5.74) is 5.37. The number of hydrogen-bond donors (Lipinski definition) is 2. The van der Waals surface area contributed by atoms with Gasteiger partial charge in [-0.1, -0.05) is 264 Å². The molecule has 0 aromatic carbocycles. The van der Waals surface area contributed by atoms with Crippen LogP contribution >= 0.6 is 7.82 Å². The number of rotatable bonds is 52. The number of esters is 2. The van der Waals surface area contributed by atoms with E-state index in [9.17, 15) is 19.0 Å². The van der Waals surface area contributed by atoms with E-state index in [0.29, 0.717) is 6.42 Å². The van der Waals surface area contributed by atoms with Crippen molar-refractivity contribution in [3.63, 3.8) is 0 Å². The smallest absolute Gasteiger partial charge is 0.462 e. The average Bonchev–Trinajstić information content (AvgIpc) is 3.26. The van der Waals surface area contributed by atoms with Crippen LogP contribution in [0.3, 0.4) is 0 Å². The molecule has 0 heterocycles. The van der Waals surface area contributed by atoms with E-state index >= 15 is 0 Å². The van der Waals surface area contributed by atoms with Crippen LogP contribution in [0.25, 0.3) is 0 Å². The van der Waals surface area contributed by atoms with Crippen molar-refractivity contribution < 1.29 is 37.6 Å². The lowest BCUT2D eigenvalue weighted by Crippen LogP contribution is -2.29. The molecule has 0 aliphatic rings. The van der Waals surface area contributed by atoms with Crippen LogP contribution in [0.15, 0.2) is 0 Å². The molecule has 9 nitrogen and oxygen atoms in total. The van der Waals surface area contributed by atoms with Crippen molar-refractivity contribution in [3.8, 4) is 0 Å². The molecular weight excluding hydrogens is 798 g/mol. The van der Waals surface area contributed by atoms with Crippen molar-refractivity contribution in [1.29, 1.82) is 0 Å². The fourth-order valence-corrected chi connectivity index (χ4v) is 8.99. The molecule has 10 heteroatoms. The van der Waals surface area contributed by atoms with Gasteiger partial charge in [0.05, 0.1) is 13.2 Å². The fraction of sp³-hybridized carbons (Fsp3) is 0.962. The van der Waals surface area contributed by atoms with Crippen LogP contribution in [-0.2, 0) is 32.7 Å². The number of carbonyl (C=O) groups is 2. The summed E-state index contributed by atoms with van der Waals surface area (Å²) in [6.45, 7) is 3.81. The quantitative estimate of drug-likeness (QED) is 0.0347. The third kappa shape index (κ3) is 48.5. The highest BCUT2D eigenvalue weighted by molar-refractivity contribution is 7.47. The second-order valence-electron chi connectivity index (χ2n) is 18.5. The topological polar surface area (TPSA) is 134 Å². The van der Waals surface area contributed by atoms with Crippen molar-refractivity contribution in [2.45, 2.75) is 296 Å². The molecular formula is C52H104NO8P. The lowest BCUT2D eigenvalue weighted by atomic mass is 10.0. The van der Waals surface area contributed by atoms with Gasteiger partial charge in [0.1, 0.15) is 6.61 Å². The molecule has 0 fully saturated rings. The predicted octanol–water partition coefficient (Wildman–Crippen LogP) is 16.3. The number of nitrogens with two attached hydrogens (primary N) is 1. The Bertz CT molecular complexity index is 984. The number of unbranched alkanes of at least 4 members (excludes halogenated alkanes) is 39. The Morgan fingerprint density at radius 3 is 0.984 bits per heavy atom. The van der Waals surface area contributed by atoms with Crippen molar-refractivity contribution in [1.82, 2.24) is 0 Å². The zero-order chi connectivity index (χ0) is 45.3. The SMILES string of the molecule is CCCCCCCCCCCCCCCCCCCCCCCC(=O)OC(COC(=O)CCCCCCCCCCCCCCCCCCCCCC)COP(=O)(O)OCCN. The number of phosphoric ester groups is 1. The van der Waals surface area contributed by atoms with Crippen molar-refractivity contribution in [3.05, 3.63) is 0 Å². The molecule has 0 aliphatic heterocycles. The van der Waals surface area contributed by atoms with E-state index in [2.05, 4.69) is 13.8 Å². The van der Waals surface area contributed by atoms with Crippen LogP contribution in [0.5, 0.6) is 0 Å². The number of carbonyl (C=O) groups excluding carboxylic acids is 2. The first kappa shape index (κ1) is 61.0. The van der Waals surface area contributed by atoms with Gasteiger partial charge in [0.15, 0.2) is 6.10 Å². The van der Waals surface area contributed by atoms with E-state index in [0.717, 1.165) is 32.1 Å². The minimum absolute atomic E-state index is 0.0585. The first-order chi connectivity index (χ1) is 30.3. The molecule has 0 rings (SSSR count). The van der Waals surface area contributed by atoms with Gasteiger partial charge in [-0.15, -0.1) is 0 Å².